The minimum atomic E-state index is -3.57. The van der Waals surface area contributed by atoms with Crippen LogP contribution in [0.2, 0.25) is 0 Å². The van der Waals surface area contributed by atoms with Gasteiger partial charge in [-0.15, -0.1) is 0 Å². The summed E-state index contributed by atoms with van der Waals surface area (Å²) in [6.45, 7) is 0. The standard InChI is InChI=1S/C13H11BrN2O3S/c14-9-1-5-11(6-2-9)20(18,19)12-7-3-10(4-8-12)16-13(15)17/h1-8H,(H3,15,16,17). The van der Waals surface area contributed by atoms with Crippen molar-refractivity contribution in [2.24, 2.45) is 5.73 Å². The minimum Gasteiger partial charge on any atom is -0.351 e. The molecule has 0 unspecified atom stereocenters. The van der Waals surface area contributed by atoms with E-state index >= 15 is 0 Å². The zero-order chi connectivity index (χ0) is 14.8. The molecule has 0 spiro atoms. The van der Waals surface area contributed by atoms with Gasteiger partial charge in [-0.25, -0.2) is 13.2 Å². The number of carbonyl (C=O) groups excluding carboxylic acids is 1. The molecule has 0 saturated carbocycles. The molecule has 2 amide bonds. The van der Waals surface area contributed by atoms with Crippen molar-refractivity contribution in [2.75, 3.05) is 5.32 Å². The lowest BCUT2D eigenvalue weighted by Crippen LogP contribution is -2.19. The van der Waals surface area contributed by atoms with Crippen LogP contribution in [0.15, 0.2) is 62.8 Å². The smallest absolute Gasteiger partial charge is 0.316 e. The molecule has 2 aromatic carbocycles. The average Bonchev–Trinajstić information content (AvgIpc) is 2.39. The second kappa shape index (κ2) is 5.64. The molecule has 0 aliphatic carbocycles. The summed E-state index contributed by atoms with van der Waals surface area (Å²) in [6, 6.07) is 11.5. The first kappa shape index (κ1) is 14.5. The average molecular weight is 355 g/mol. The highest BCUT2D eigenvalue weighted by Crippen LogP contribution is 2.23. The molecule has 20 heavy (non-hydrogen) atoms. The Hall–Kier alpha value is -1.86. The van der Waals surface area contributed by atoms with Crippen LogP contribution in [0.5, 0.6) is 0 Å². The van der Waals surface area contributed by atoms with Gasteiger partial charge < -0.3 is 11.1 Å². The second-order valence-electron chi connectivity index (χ2n) is 3.97. The van der Waals surface area contributed by atoms with E-state index in [0.717, 1.165) is 4.47 Å². The molecular weight excluding hydrogens is 344 g/mol. The van der Waals surface area contributed by atoms with E-state index in [1.54, 1.807) is 12.1 Å². The van der Waals surface area contributed by atoms with Gasteiger partial charge in [-0.2, -0.15) is 0 Å². The summed E-state index contributed by atoms with van der Waals surface area (Å²) in [5.41, 5.74) is 5.42. The van der Waals surface area contributed by atoms with E-state index in [1.807, 2.05) is 0 Å². The fourth-order valence-electron chi connectivity index (χ4n) is 1.61. The zero-order valence-corrected chi connectivity index (χ0v) is 12.6. The van der Waals surface area contributed by atoms with Gasteiger partial charge in [0, 0.05) is 10.2 Å². The molecule has 0 bridgehead atoms. The van der Waals surface area contributed by atoms with E-state index in [9.17, 15) is 13.2 Å². The van der Waals surface area contributed by atoms with Crippen molar-refractivity contribution in [3.63, 3.8) is 0 Å². The molecule has 0 aromatic heterocycles. The summed E-state index contributed by atoms with van der Waals surface area (Å²) < 4.78 is 25.5. The summed E-state index contributed by atoms with van der Waals surface area (Å²) in [5.74, 6) is 0. The third kappa shape index (κ3) is 3.17. The quantitative estimate of drug-likeness (QED) is 0.887. The van der Waals surface area contributed by atoms with Crippen LogP contribution in [0.3, 0.4) is 0 Å². The maximum atomic E-state index is 12.4. The van der Waals surface area contributed by atoms with Gasteiger partial charge in [-0.05, 0) is 48.5 Å². The van der Waals surface area contributed by atoms with Crippen molar-refractivity contribution in [1.29, 1.82) is 0 Å². The maximum absolute atomic E-state index is 12.4. The van der Waals surface area contributed by atoms with Crippen LogP contribution in [0.4, 0.5) is 10.5 Å². The molecule has 104 valence electrons. The minimum absolute atomic E-state index is 0.148. The van der Waals surface area contributed by atoms with Crippen molar-refractivity contribution >= 4 is 37.5 Å². The van der Waals surface area contributed by atoms with Crippen molar-refractivity contribution in [2.45, 2.75) is 9.79 Å². The monoisotopic (exact) mass is 354 g/mol. The van der Waals surface area contributed by atoms with Gasteiger partial charge in [0.25, 0.3) is 0 Å². The fourth-order valence-corrected chi connectivity index (χ4v) is 3.13. The largest absolute Gasteiger partial charge is 0.351 e. The Morgan fingerprint density at radius 1 is 0.950 bits per heavy atom. The molecule has 0 aliphatic heterocycles. The normalized spacial score (nSPS) is 11.1. The Kier molecular flexibility index (Phi) is 4.10. The molecule has 0 saturated heterocycles. The number of primary amides is 1. The first-order valence-corrected chi connectivity index (χ1v) is 7.84. The number of benzene rings is 2. The van der Waals surface area contributed by atoms with E-state index in [-0.39, 0.29) is 9.79 Å². The van der Waals surface area contributed by atoms with Gasteiger partial charge in [-0.1, -0.05) is 15.9 Å². The van der Waals surface area contributed by atoms with Crippen molar-refractivity contribution in [3.05, 3.63) is 53.0 Å². The summed E-state index contributed by atoms with van der Waals surface area (Å²) in [4.78, 5) is 11.0. The molecule has 0 aliphatic rings. The number of nitrogens with one attached hydrogen (secondary N) is 1. The fraction of sp³-hybridized carbons (Fsp3) is 0. The van der Waals surface area contributed by atoms with Gasteiger partial charge in [0.1, 0.15) is 0 Å². The third-order valence-electron chi connectivity index (χ3n) is 2.56. The summed E-state index contributed by atoms with van der Waals surface area (Å²) in [5, 5.41) is 2.37. The van der Waals surface area contributed by atoms with Crippen LogP contribution in [0.25, 0.3) is 0 Å². The summed E-state index contributed by atoms with van der Waals surface area (Å²) in [7, 11) is -3.57. The SMILES string of the molecule is NC(=O)Nc1ccc(S(=O)(=O)c2ccc(Br)cc2)cc1. The van der Waals surface area contributed by atoms with Crippen LogP contribution >= 0.6 is 15.9 Å². The van der Waals surface area contributed by atoms with E-state index < -0.39 is 15.9 Å². The zero-order valence-electron chi connectivity index (χ0n) is 10.2. The first-order chi connectivity index (χ1) is 9.39. The molecule has 5 nitrogen and oxygen atoms in total. The van der Waals surface area contributed by atoms with E-state index in [2.05, 4.69) is 21.2 Å². The highest BCUT2D eigenvalue weighted by molar-refractivity contribution is 9.10. The Morgan fingerprint density at radius 2 is 1.40 bits per heavy atom. The number of rotatable bonds is 3. The molecule has 0 fully saturated rings. The van der Waals surface area contributed by atoms with Crippen LogP contribution in [-0.2, 0) is 9.84 Å². The lowest BCUT2D eigenvalue weighted by molar-refractivity contribution is 0.259. The molecule has 0 atom stereocenters. The van der Waals surface area contributed by atoms with Crippen molar-refractivity contribution in [3.8, 4) is 0 Å². The number of hydrogen-bond acceptors (Lipinski definition) is 3. The Morgan fingerprint density at radius 3 is 1.85 bits per heavy atom. The topological polar surface area (TPSA) is 89.3 Å². The molecule has 0 heterocycles. The molecule has 0 radical (unpaired) electrons. The number of nitrogens with two attached hydrogens (primary N) is 1. The Labute approximate surface area is 124 Å². The molecule has 2 aromatic rings. The second-order valence-corrected chi connectivity index (χ2v) is 6.84. The van der Waals surface area contributed by atoms with E-state index in [4.69, 9.17) is 5.73 Å². The maximum Gasteiger partial charge on any atom is 0.316 e. The predicted octanol–water partition coefficient (Wildman–Crippen LogP) is 2.77. The van der Waals surface area contributed by atoms with Crippen LogP contribution < -0.4 is 11.1 Å². The lowest BCUT2D eigenvalue weighted by Gasteiger charge is -2.06. The number of sulfone groups is 1. The van der Waals surface area contributed by atoms with Crippen LogP contribution in [0, 0.1) is 0 Å². The van der Waals surface area contributed by atoms with Gasteiger partial charge in [0.2, 0.25) is 9.84 Å². The van der Waals surface area contributed by atoms with E-state index in [0.29, 0.717) is 5.69 Å². The Bertz CT molecular complexity index is 725. The summed E-state index contributed by atoms with van der Waals surface area (Å²) in [6.07, 6.45) is 0. The van der Waals surface area contributed by atoms with Crippen molar-refractivity contribution in [1.82, 2.24) is 0 Å². The number of carbonyl (C=O) groups is 1. The van der Waals surface area contributed by atoms with Crippen molar-refractivity contribution < 1.29 is 13.2 Å². The van der Waals surface area contributed by atoms with Gasteiger partial charge >= 0.3 is 6.03 Å². The highest BCUT2D eigenvalue weighted by Gasteiger charge is 2.17. The first-order valence-electron chi connectivity index (χ1n) is 5.57. The van der Waals surface area contributed by atoms with Gasteiger partial charge in [0.15, 0.2) is 0 Å². The number of anilines is 1. The molecular formula is C13H11BrN2O3S. The van der Waals surface area contributed by atoms with Crippen LogP contribution in [-0.4, -0.2) is 14.4 Å². The molecule has 2 rings (SSSR count). The van der Waals surface area contributed by atoms with Crippen LogP contribution in [0.1, 0.15) is 0 Å². The highest BCUT2D eigenvalue weighted by atomic mass is 79.9. The van der Waals surface area contributed by atoms with Gasteiger partial charge in [0.05, 0.1) is 9.79 Å². The number of hydrogen-bond donors (Lipinski definition) is 2. The number of amides is 2. The number of urea groups is 1. The Balaban J connectivity index is 2.34. The number of halogens is 1. The van der Waals surface area contributed by atoms with Gasteiger partial charge in [-0.3, -0.25) is 0 Å². The summed E-state index contributed by atoms with van der Waals surface area (Å²) >= 11 is 3.25. The van der Waals surface area contributed by atoms with E-state index in [1.165, 1.54) is 36.4 Å². The lowest BCUT2D eigenvalue weighted by atomic mass is 10.3. The molecule has 3 N–H and O–H groups in total. The third-order valence-corrected chi connectivity index (χ3v) is 4.87. The predicted molar refractivity (Wildman–Crippen MR) is 79.2 cm³/mol. The molecule has 7 heteroatoms.